The van der Waals surface area contributed by atoms with Crippen molar-refractivity contribution >= 4 is 0 Å². The van der Waals surface area contributed by atoms with Crippen LogP contribution in [0.4, 0.5) is 0 Å². The maximum atomic E-state index is 5.40. The van der Waals surface area contributed by atoms with E-state index in [4.69, 9.17) is 4.74 Å². The summed E-state index contributed by atoms with van der Waals surface area (Å²) < 4.78 is 5.40. The van der Waals surface area contributed by atoms with Crippen LogP contribution < -0.4 is 5.32 Å². The van der Waals surface area contributed by atoms with Gasteiger partial charge in [0.2, 0.25) is 0 Å². The van der Waals surface area contributed by atoms with Gasteiger partial charge < -0.3 is 10.1 Å². The number of hydrogen-bond acceptors (Lipinski definition) is 3. The third kappa shape index (κ3) is 5.28. The zero-order valence-corrected chi connectivity index (χ0v) is 11.0. The Kier molecular flexibility index (Phi) is 7.81. The summed E-state index contributed by atoms with van der Waals surface area (Å²) in [5.74, 6) is 0. The van der Waals surface area contributed by atoms with Gasteiger partial charge in [-0.1, -0.05) is 13.3 Å². The number of nitrogens with zero attached hydrogens (tertiary/aromatic N) is 1. The van der Waals surface area contributed by atoms with Crippen LogP contribution in [0.3, 0.4) is 0 Å². The summed E-state index contributed by atoms with van der Waals surface area (Å²) in [4.78, 5) is 2.64. The zero-order valence-electron chi connectivity index (χ0n) is 11.0. The second-order valence-corrected chi connectivity index (χ2v) is 4.54. The third-order valence-electron chi connectivity index (χ3n) is 3.32. The molecule has 0 bridgehead atoms. The van der Waals surface area contributed by atoms with Crippen molar-refractivity contribution in [1.29, 1.82) is 0 Å². The van der Waals surface area contributed by atoms with Gasteiger partial charge in [-0.25, -0.2) is 0 Å². The first-order valence-corrected chi connectivity index (χ1v) is 6.91. The number of rotatable bonds is 8. The molecule has 16 heavy (non-hydrogen) atoms. The molecule has 1 rings (SSSR count). The van der Waals surface area contributed by atoms with E-state index >= 15 is 0 Å². The smallest absolute Gasteiger partial charge is 0.0478 e. The van der Waals surface area contributed by atoms with Gasteiger partial charge in [0.05, 0.1) is 0 Å². The average Bonchev–Trinajstić information content (AvgIpc) is 2.33. The molecule has 3 heteroatoms. The van der Waals surface area contributed by atoms with Crippen LogP contribution in [-0.2, 0) is 4.74 Å². The number of piperidine rings is 1. The maximum absolute atomic E-state index is 5.40. The van der Waals surface area contributed by atoms with Gasteiger partial charge in [-0.2, -0.15) is 0 Å². The number of nitrogens with one attached hydrogen (secondary N) is 1. The molecular formula is C13H28N2O. The zero-order chi connectivity index (χ0) is 11.6. The fourth-order valence-corrected chi connectivity index (χ4v) is 2.41. The lowest BCUT2D eigenvalue weighted by Crippen LogP contribution is -2.46. The molecule has 0 saturated carbocycles. The van der Waals surface area contributed by atoms with E-state index in [1.165, 1.54) is 38.8 Å². The fourth-order valence-electron chi connectivity index (χ4n) is 2.41. The Bertz CT molecular complexity index is 164. The Morgan fingerprint density at radius 1 is 1.31 bits per heavy atom. The highest BCUT2D eigenvalue weighted by atomic mass is 16.5. The Morgan fingerprint density at radius 2 is 2.19 bits per heavy atom. The van der Waals surface area contributed by atoms with Crippen molar-refractivity contribution < 1.29 is 4.74 Å². The number of hydrogen-bond donors (Lipinski definition) is 1. The van der Waals surface area contributed by atoms with Crippen LogP contribution in [0, 0.1) is 0 Å². The molecule has 1 unspecified atom stereocenters. The monoisotopic (exact) mass is 228 g/mol. The molecule has 96 valence electrons. The van der Waals surface area contributed by atoms with Crippen LogP contribution in [0.1, 0.15) is 39.5 Å². The van der Waals surface area contributed by atoms with E-state index in [1.807, 2.05) is 0 Å². The molecule has 1 aliphatic heterocycles. The van der Waals surface area contributed by atoms with E-state index in [0.717, 1.165) is 32.3 Å². The molecule has 3 nitrogen and oxygen atoms in total. The van der Waals surface area contributed by atoms with Crippen LogP contribution in [0.2, 0.25) is 0 Å². The predicted octanol–water partition coefficient (Wildman–Crippen LogP) is 1.88. The number of likely N-dealkylation sites (tertiary alicyclic amines) is 1. The normalized spacial score (nSPS) is 22.5. The molecule has 1 atom stereocenters. The largest absolute Gasteiger partial charge is 0.382 e. The molecule has 1 fully saturated rings. The summed E-state index contributed by atoms with van der Waals surface area (Å²) in [7, 11) is 0. The first-order chi connectivity index (χ1) is 7.88. The molecule has 0 aromatic heterocycles. The van der Waals surface area contributed by atoms with Gasteiger partial charge in [0.15, 0.2) is 0 Å². The van der Waals surface area contributed by atoms with Crippen molar-refractivity contribution in [2.24, 2.45) is 0 Å². The van der Waals surface area contributed by atoms with Gasteiger partial charge in [-0.3, -0.25) is 4.90 Å². The molecule has 0 amide bonds. The standard InChI is InChI=1S/C13H28N2O/c1-3-14-12-13-8-5-6-9-15(13)10-7-11-16-4-2/h13-14H,3-12H2,1-2H3. The van der Waals surface area contributed by atoms with Crippen LogP contribution in [0.25, 0.3) is 0 Å². The molecule has 1 aliphatic rings. The summed E-state index contributed by atoms with van der Waals surface area (Å²) in [5, 5.41) is 3.48. The van der Waals surface area contributed by atoms with Gasteiger partial charge in [-0.15, -0.1) is 0 Å². The summed E-state index contributed by atoms with van der Waals surface area (Å²) >= 11 is 0. The van der Waals surface area contributed by atoms with Crippen molar-refractivity contribution in [3.63, 3.8) is 0 Å². The summed E-state index contributed by atoms with van der Waals surface area (Å²) in [5.41, 5.74) is 0. The number of ether oxygens (including phenoxy) is 1. The van der Waals surface area contributed by atoms with E-state index in [-0.39, 0.29) is 0 Å². The average molecular weight is 228 g/mol. The van der Waals surface area contributed by atoms with Gasteiger partial charge in [0.1, 0.15) is 0 Å². The fraction of sp³-hybridized carbons (Fsp3) is 1.00. The Hall–Kier alpha value is -0.120. The van der Waals surface area contributed by atoms with Gasteiger partial charge >= 0.3 is 0 Å². The molecule has 0 aliphatic carbocycles. The minimum atomic E-state index is 0.760. The predicted molar refractivity (Wildman–Crippen MR) is 68.9 cm³/mol. The lowest BCUT2D eigenvalue weighted by Gasteiger charge is -2.35. The maximum Gasteiger partial charge on any atom is 0.0478 e. The highest BCUT2D eigenvalue weighted by Crippen LogP contribution is 2.16. The Balaban J connectivity index is 2.18. The minimum Gasteiger partial charge on any atom is -0.382 e. The van der Waals surface area contributed by atoms with E-state index in [0.29, 0.717) is 0 Å². The van der Waals surface area contributed by atoms with Crippen LogP contribution in [0.5, 0.6) is 0 Å². The van der Waals surface area contributed by atoms with Crippen LogP contribution >= 0.6 is 0 Å². The molecule has 0 aromatic rings. The second-order valence-electron chi connectivity index (χ2n) is 4.54. The molecule has 1 N–H and O–H groups in total. The quantitative estimate of drug-likeness (QED) is 0.642. The first kappa shape index (κ1) is 13.9. The molecule has 0 aromatic carbocycles. The van der Waals surface area contributed by atoms with E-state index in [9.17, 15) is 0 Å². The third-order valence-corrected chi connectivity index (χ3v) is 3.32. The topological polar surface area (TPSA) is 24.5 Å². The highest BCUT2D eigenvalue weighted by molar-refractivity contribution is 4.78. The number of likely N-dealkylation sites (N-methyl/N-ethyl adjacent to an activating group) is 1. The minimum absolute atomic E-state index is 0.760. The summed E-state index contributed by atoms with van der Waals surface area (Å²) in [6.07, 6.45) is 5.31. The SMILES string of the molecule is CCNCC1CCCCN1CCCOCC. The van der Waals surface area contributed by atoms with Gasteiger partial charge in [0, 0.05) is 32.3 Å². The molecular weight excluding hydrogens is 200 g/mol. The molecule has 1 heterocycles. The highest BCUT2D eigenvalue weighted by Gasteiger charge is 2.20. The van der Waals surface area contributed by atoms with Crippen LogP contribution in [-0.4, -0.2) is 50.3 Å². The Labute approximate surface area is 101 Å². The van der Waals surface area contributed by atoms with Crippen LogP contribution in [0.15, 0.2) is 0 Å². The Morgan fingerprint density at radius 3 is 2.94 bits per heavy atom. The van der Waals surface area contributed by atoms with E-state index in [1.54, 1.807) is 0 Å². The van der Waals surface area contributed by atoms with Crippen molar-refractivity contribution in [3.8, 4) is 0 Å². The lowest BCUT2D eigenvalue weighted by molar-refractivity contribution is 0.105. The van der Waals surface area contributed by atoms with E-state index in [2.05, 4.69) is 24.1 Å². The van der Waals surface area contributed by atoms with Crippen molar-refractivity contribution in [2.75, 3.05) is 39.4 Å². The van der Waals surface area contributed by atoms with Crippen molar-refractivity contribution in [1.82, 2.24) is 10.2 Å². The van der Waals surface area contributed by atoms with E-state index < -0.39 is 0 Å². The van der Waals surface area contributed by atoms with Gasteiger partial charge in [0.25, 0.3) is 0 Å². The summed E-state index contributed by atoms with van der Waals surface area (Å²) in [6.45, 7) is 10.7. The summed E-state index contributed by atoms with van der Waals surface area (Å²) in [6, 6.07) is 0.760. The molecule has 1 saturated heterocycles. The lowest BCUT2D eigenvalue weighted by atomic mass is 10.0. The van der Waals surface area contributed by atoms with Crippen molar-refractivity contribution in [2.45, 2.75) is 45.6 Å². The molecule has 0 radical (unpaired) electrons. The van der Waals surface area contributed by atoms with Crippen molar-refractivity contribution in [3.05, 3.63) is 0 Å². The molecule has 0 spiro atoms. The second kappa shape index (κ2) is 8.97. The van der Waals surface area contributed by atoms with Gasteiger partial charge in [-0.05, 0) is 39.3 Å². The first-order valence-electron chi connectivity index (χ1n) is 6.91.